The van der Waals surface area contributed by atoms with Crippen LogP contribution >= 0.6 is 11.8 Å². The Morgan fingerprint density at radius 2 is 1.76 bits per heavy atom. The molecule has 4 aromatic rings. The third-order valence-corrected chi connectivity index (χ3v) is 5.55. The van der Waals surface area contributed by atoms with Gasteiger partial charge in [-0.15, -0.1) is 0 Å². The van der Waals surface area contributed by atoms with Gasteiger partial charge in [0.1, 0.15) is 5.75 Å². The summed E-state index contributed by atoms with van der Waals surface area (Å²) in [5.74, 6) is 1.01. The molecule has 0 saturated heterocycles. The number of para-hydroxylation sites is 3. The lowest BCUT2D eigenvalue weighted by molar-refractivity contribution is -0.113. The number of carbonyl (C=O) groups is 1. The zero-order valence-electron chi connectivity index (χ0n) is 16.3. The first-order valence-corrected chi connectivity index (χ1v) is 10.2. The van der Waals surface area contributed by atoms with Crippen molar-refractivity contribution in [1.29, 1.82) is 0 Å². The summed E-state index contributed by atoms with van der Waals surface area (Å²) in [5.41, 5.74) is 4.74. The average molecular weight is 404 g/mol. The first-order valence-electron chi connectivity index (χ1n) is 9.26. The quantitative estimate of drug-likeness (QED) is 0.457. The summed E-state index contributed by atoms with van der Waals surface area (Å²) < 4.78 is 7.34. The van der Waals surface area contributed by atoms with Crippen LogP contribution in [-0.4, -0.2) is 28.3 Å². The van der Waals surface area contributed by atoms with Crippen LogP contribution in [0.1, 0.15) is 5.56 Å². The highest BCUT2D eigenvalue weighted by Gasteiger charge is 2.15. The Bertz CT molecular complexity index is 1150. The van der Waals surface area contributed by atoms with E-state index in [-0.39, 0.29) is 11.7 Å². The molecule has 1 aromatic heterocycles. The van der Waals surface area contributed by atoms with Gasteiger partial charge in [0.15, 0.2) is 5.16 Å². The summed E-state index contributed by atoms with van der Waals surface area (Å²) in [5, 5.41) is 3.75. The number of nitrogens with zero attached hydrogens (tertiary/aromatic N) is 2. The number of thioether (sulfide) groups is 1. The Morgan fingerprint density at radius 3 is 2.52 bits per heavy atom. The third-order valence-electron chi connectivity index (χ3n) is 4.61. The van der Waals surface area contributed by atoms with E-state index in [9.17, 15) is 4.79 Å². The zero-order valence-corrected chi connectivity index (χ0v) is 17.1. The van der Waals surface area contributed by atoms with E-state index in [0.717, 1.165) is 38.9 Å². The van der Waals surface area contributed by atoms with E-state index in [2.05, 4.69) is 9.88 Å². The van der Waals surface area contributed by atoms with E-state index >= 15 is 0 Å². The number of amides is 1. The molecule has 29 heavy (non-hydrogen) atoms. The number of aromatic nitrogens is 2. The van der Waals surface area contributed by atoms with Crippen molar-refractivity contribution >= 4 is 34.4 Å². The van der Waals surface area contributed by atoms with E-state index in [1.165, 1.54) is 11.8 Å². The number of ether oxygens (including phenoxy) is 1. The van der Waals surface area contributed by atoms with Crippen molar-refractivity contribution in [3.05, 3.63) is 78.4 Å². The van der Waals surface area contributed by atoms with Crippen molar-refractivity contribution in [1.82, 2.24) is 9.55 Å². The molecule has 0 aliphatic heterocycles. The Labute approximate surface area is 173 Å². The Morgan fingerprint density at radius 1 is 1.03 bits per heavy atom. The van der Waals surface area contributed by atoms with Gasteiger partial charge >= 0.3 is 0 Å². The van der Waals surface area contributed by atoms with Crippen molar-refractivity contribution in [2.24, 2.45) is 0 Å². The molecule has 3 aromatic carbocycles. The highest BCUT2D eigenvalue weighted by Crippen LogP contribution is 2.29. The normalized spacial score (nSPS) is 10.8. The van der Waals surface area contributed by atoms with E-state index in [1.54, 1.807) is 7.11 Å². The van der Waals surface area contributed by atoms with Crippen LogP contribution < -0.4 is 10.1 Å². The average Bonchev–Trinajstić information content (AvgIpc) is 3.12. The number of aryl methyl sites for hydroxylation is 1. The largest absolute Gasteiger partial charge is 0.497 e. The molecule has 0 fully saturated rings. The fourth-order valence-electron chi connectivity index (χ4n) is 3.11. The molecule has 5 nitrogen and oxygen atoms in total. The monoisotopic (exact) mass is 403 g/mol. The predicted molar refractivity (Wildman–Crippen MR) is 118 cm³/mol. The Hall–Kier alpha value is -3.25. The molecule has 0 bridgehead atoms. The minimum absolute atomic E-state index is 0.0577. The van der Waals surface area contributed by atoms with Gasteiger partial charge in [0.05, 0.1) is 23.9 Å². The maximum atomic E-state index is 12.5. The summed E-state index contributed by atoms with van der Waals surface area (Å²) in [6.07, 6.45) is 0. The van der Waals surface area contributed by atoms with Crippen LogP contribution in [0.25, 0.3) is 16.7 Å². The van der Waals surface area contributed by atoms with Crippen molar-refractivity contribution in [3.63, 3.8) is 0 Å². The van der Waals surface area contributed by atoms with Crippen molar-refractivity contribution < 1.29 is 9.53 Å². The number of carbonyl (C=O) groups excluding carboxylic acids is 1. The molecule has 0 unspecified atom stereocenters. The van der Waals surface area contributed by atoms with Crippen LogP contribution in [-0.2, 0) is 4.79 Å². The fraction of sp³-hybridized carbons (Fsp3) is 0.130. The van der Waals surface area contributed by atoms with Gasteiger partial charge in [-0.25, -0.2) is 4.98 Å². The smallest absolute Gasteiger partial charge is 0.234 e. The number of fused-ring (bicyclic) bond motifs is 1. The summed E-state index contributed by atoms with van der Waals surface area (Å²) in [6.45, 7) is 1.98. The van der Waals surface area contributed by atoms with Gasteiger partial charge in [0, 0.05) is 11.4 Å². The molecule has 0 spiro atoms. The van der Waals surface area contributed by atoms with E-state index in [0.29, 0.717) is 0 Å². The second-order valence-electron chi connectivity index (χ2n) is 6.57. The predicted octanol–water partition coefficient (Wildman–Crippen LogP) is 5.07. The number of hydrogen-bond donors (Lipinski definition) is 1. The van der Waals surface area contributed by atoms with Gasteiger partial charge in [-0.1, -0.05) is 42.1 Å². The zero-order chi connectivity index (χ0) is 20.2. The summed E-state index contributed by atoms with van der Waals surface area (Å²) in [6, 6.07) is 23.5. The lowest BCUT2D eigenvalue weighted by Crippen LogP contribution is -2.15. The van der Waals surface area contributed by atoms with Gasteiger partial charge in [0.25, 0.3) is 0 Å². The van der Waals surface area contributed by atoms with E-state index in [1.807, 2.05) is 79.7 Å². The number of benzene rings is 3. The number of nitrogens with one attached hydrogen (secondary N) is 1. The second-order valence-corrected chi connectivity index (χ2v) is 7.51. The molecule has 0 aliphatic rings. The molecule has 6 heteroatoms. The third kappa shape index (κ3) is 4.12. The molecule has 1 amide bonds. The minimum atomic E-state index is -0.0577. The Balaban J connectivity index is 1.60. The Kier molecular flexibility index (Phi) is 5.53. The maximum absolute atomic E-state index is 12.5. The molecule has 0 saturated carbocycles. The number of anilines is 1. The van der Waals surface area contributed by atoms with Crippen LogP contribution in [0, 0.1) is 6.92 Å². The first kappa shape index (κ1) is 19.1. The van der Waals surface area contributed by atoms with Gasteiger partial charge in [0.2, 0.25) is 5.91 Å². The van der Waals surface area contributed by atoms with Crippen molar-refractivity contribution in [2.45, 2.75) is 12.1 Å². The van der Waals surface area contributed by atoms with Gasteiger partial charge in [-0.05, 0) is 55.0 Å². The van der Waals surface area contributed by atoms with Crippen LogP contribution in [0.3, 0.4) is 0 Å². The fourth-order valence-corrected chi connectivity index (χ4v) is 3.94. The topological polar surface area (TPSA) is 56.1 Å². The standard InChI is InChI=1S/C23H21N3O2S/c1-16-7-3-4-8-19(16)24-22(27)15-29-23-25-20-9-5-6-10-21(20)26(23)17-11-13-18(28-2)14-12-17/h3-14H,15H2,1-2H3,(H,24,27). The SMILES string of the molecule is COc1ccc(-n2c(SCC(=O)Nc3ccccc3C)nc3ccccc32)cc1. The molecule has 0 aliphatic carbocycles. The molecule has 0 radical (unpaired) electrons. The molecule has 1 heterocycles. The molecular formula is C23H21N3O2S. The summed E-state index contributed by atoms with van der Waals surface area (Å²) in [7, 11) is 1.65. The van der Waals surface area contributed by atoms with Crippen LogP contribution in [0.2, 0.25) is 0 Å². The van der Waals surface area contributed by atoms with Gasteiger partial charge in [-0.3, -0.25) is 9.36 Å². The lowest BCUT2D eigenvalue weighted by Gasteiger charge is -2.11. The van der Waals surface area contributed by atoms with Crippen LogP contribution in [0.5, 0.6) is 5.75 Å². The maximum Gasteiger partial charge on any atom is 0.234 e. The van der Waals surface area contributed by atoms with Gasteiger partial charge in [-0.2, -0.15) is 0 Å². The molecular weight excluding hydrogens is 382 g/mol. The van der Waals surface area contributed by atoms with Crippen LogP contribution in [0.15, 0.2) is 78.0 Å². The summed E-state index contributed by atoms with van der Waals surface area (Å²) >= 11 is 1.42. The molecule has 1 N–H and O–H groups in total. The minimum Gasteiger partial charge on any atom is -0.497 e. The summed E-state index contributed by atoms with van der Waals surface area (Å²) in [4.78, 5) is 17.2. The molecule has 0 atom stereocenters. The number of imidazole rings is 1. The number of methoxy groups -OCH3 is 1. The van der Waals surface area contributed by atoms with Crippen LogP contribution in [0.4, 0.5) is 5.69 Å². The molecule has 146 valence electrons. The number of rotatable bonds is 6. The molecule has 4 rings (SSSR count). The second kappa shape index (κ2) is 8.41. The highest BCUT2D eigenvalue weighted by molar-refractivity contribution is 7.99. The van der Waals surface area contributed by atoms with E-state index < -0.39 is 0 Å². The lowest BCUT2D eigenvalue weighted by atomic mass is 10.2. The van der Waals surface area contributed by atoms with E-state index in [4.69, 9.17) is 9.72 Å². The van der Waals surface area contributed by atoms with Gasteiger partial charge < -0.3 is 10.1 Å². The highest BCUT2D eigenvalue weighted by atomic mass is 32.2. The van der Waals surface area contributed by atoms with Crippen molar-refractivity contribution in [2.75, 3.05) is 18.2 Å². The van der Waals surface area contributed by atoms with Crippen molar-refractivity contribution in [3.8, 4) is 11.4 Å². The first-order chi connectivity index (χ1) is 14.2. The number of hydrogen-bond acceptors (Lipinski definition) is 4.